The summed E-state index contributed by atoms with van der Waals surface area (Å²) >= 11 is 12.4. The molecule has 5 aromatic rings. The highest BCUT2D eigenvalue weighted by molar-refractivity contribution is 6.30. The van der Waals surface area contributed by atoms with Gasteiger partial charge in [0, 0.05) is 34.1 Å². The number of ether oxygens (including phenoxy) is 1. The van der Waals surface area contributed by atoms with Crippen molar-refractivity contribution in [3.63, 3.8) is 0 Å². The highest BCUT2D eigenvalue weighted by atomic mass is 35.5. The van der Waals surface area contributed by atoms with Crippen LogP contribution in [-0.2, 0) is 16.1 Å². The van der Waals surface area contributed by atoms with Gasteiger partial charge in [-0.15, -0.1) is 0 Å². The molecule has 1 aliphatic rings. The first-order chi connectivity index (χ1) is 19.1. The normalized spacial score (nSPS) is 12.6. The third-order valence-corrected chi connectivity index (χ3v) is 7.19. The Morgan fingerprint density at radius 1 is 0.872 bits per heavy atom. The van der Waals surface area contributed by atoms with Gasteiger partial charge < -0.3 is 9.30 Å². The van der Waals surface area contributed by atoms with Crippen LogP contribution in [0.3, 0.4) is 0 Å². The van der Waals surface area contributed by atoms with E-state index in [-0.39, 0.29) is 12.1 Å². The molecule has 2 heterocycles. The predicted octanol–water partition coefficient (Wildman–Crippen LogP) is 7.29. The quantitative estimate of drug-likeness (QED) is 0.187. The number of halogens is 2. The summed E-state index contributed by atoms with van der Waals surface area (Å²) in [6.45, 7) is 1.25. The molecule has 0 saturated heterocycles. The van der Waals surface area contributed by atoms with E-state index in [2.05, 4.69) is 52.0 Å². The highest BCUT2D eigenvalue weighted by Gasteiger charge is 2.30. The van der Waals surface area contributed by atoms with Crippen molar-refractivity contribution in [2.45, 2.75) is 31.2 Å². The van der Waals surface area contributed by atoms with Gasteiger partial charge in [0.25, 0.3) is 0 Å². The lowest BCUT2D eigenvalue weighted by molar-refractivity contribution is -0.191. The lowest BCUT2D eigenvalue weighted by Gasteiger charge is -2.20. The molecule has 1 aliphatic carbocycles. The minimum Gasteiger partial charge on any atom is -0.476 e. The predicted molar refractivity (Wildman–Crippen MR) is 150 cm³/mol. The van der Waals surface area contributed by atoms with Crippen LogP contribution in [0.4, 0.5) is 0 Å². The number of rotatable bonds is 8. The van der Waals surface area contributed by atoms with E-state index in [1.807, 2.05) is 42.5 Å². The Hall–Kier alpha value is -3.96. The van der Waals surface area contributed by atoms with Crippen LogP contribution in [-0.4, -0.2) is 27.3 Å². The van der Waals surface area contributed by atoms with Gasteiger partial charge in [-0.05, 0) is 72.0 Å². The van der Waals surface area contributed by atoms with Gasteiger partial charge in [-0.2, -0.15) is 9.59 Å². The lowest BCUT2D eigenvalue weighted by atomic mass is 9.85. The van der Waals surface area contributed by atoms with Crippen LogP contribution in [0, 0.1) is 0 Å². The van der Waals surface area contributed by atoms with Crippen LogP contribution in [0.5, 0.6) is 5.88 Å². The first-order valence-corrected chi connectivity index (χ1v) is 13.4. The topological polar surface area (TPSA) is 74.1 Å². The van der Waals surface area contributed by atoms with Crippen LogP contribution in [0.2, 0.25) is 10.0 Å². The van der Waals surface area contributed by atoms with Crippen LogP contribution < -0.4 is 4.74 Å². The summed E-state index contributed by atoms with van der Waals surface area (Å²) in [7, 11) is 0. The molecule has 196 valence electrons. The Bertz CT molecular complexity index is 1530. The molecule has 0 aliphatic heterocycles. The third-order valence-electron chi connectivity index (χ3n) is 6.69. The fourth-order valence-electron chi connectivity index (χ4n) is 4.79. The van der Waals surface area contributed by atoms with Gasteiger partial charge in [-0.3, -0.25) is 0 Å². The molecule has 8 heteroatoms. The molecule has 0 N–H and O–H groups in total. The van der Waals surface area contributed by atoms with Gasteiger partial charge in [-0.1, -0.05) is 59.6 Å². The van der Waals surface area contributed by atoms with Crippen molar-refractivity contribution >= 4 is 40.4 Å². The maximum atomic E-state index is 8.12. The van der Waals surface area contributed by atoms with Crippen LogP contribution in [0.15, 0.2) is 91.1 Å². The zero-order valence-electron chi connectivity index (χ0n) is 21.0. The van der Waals surface area contributed by atoms with E-state index >= 15 is 0 Å². The SMILES string of the molecule is Clc1ccc(C(c2ccc(Cl)cc2)c2ccc3nc(C4CC4)n(CCOc4ccccn4)c3c2)cc1.O=C=O. The molecule has 2 aromatic heterocycles. The monoisotopic (exact) mass is 557 g/mol. The summed E-state index contributed by atoms with van der Waals surface area (Å²) < 4.78 is 8.27. The molecule has 0 amide bonds. The smallest absolute Gasteiger partial charge is 0.373 e. The van der Waals surface area contributed by atoms with E-state index in [4.69, 9.17) is 42.5 Å². The van der Waals surface area contributed by atoms with Crippen molar-refractivity contribution in [1.29, 1.82) is 0 Å². The molecule has 1 fully saturated rings. The third kappa shape index (κ3) is 6.37. The van der Waals surface area contributed by atoms with Crippen LogP contribution >= 0.6 is 23.2 Å². The van der Waals surface area contributed by atoms with Crippen molar-refractivity contribution in [1.82, 2.24) is 14.5 Å². The van der Waals surface area contributed by atoms with Gasteiger partial charge >= 0.3 is 6.15 Å². The Morgan fingerprint density at radius 2 is 1.49 bits per heavy atom. The minimum atomic E-state index is 0.0430. The number of nitrogens with zero attached hydrogens (tertiary/aromatic N) is 3. The number of aromatic nitrogens is 3. The number of hydrogen-bond donors (Lipinski definition) is 0. The molecular weight excluding hydrogens is 533 g/mol. The second-order valence-corrected chi connectivity index (χ2v) is 10.2. The molecular formula is C31H25Cl2N3O3. The summed E-state index contributed by atoms with van der Waals surface area (Å²) in [6, 6.07) is 28.5. The van der Waals surface area contributed by atoms with Crippen LogP contribution in [0.25, 0.3) is 11.0 Å². The van der Waals surface area contributed by atoms with E-state index in [1.165, 1.54) is 29.5 Å². The zero-order valence-corrected chi connectivity index (χ0v) is 22.5. The molecule has 3 aromatic carbocycles. The van der Waals surface area contributed by atoms with Gasteiger partial charge in [0.1, 0.15) is 12.4 Å². The highest BCUT2D eigenvalue weighted by Crippen LogP contribution is 2.41. The second-order valence-electron chi connectivity index (χ2n) is 9.28. The van der Waals surface area contributed by atoms with Crippen molar-refractivity contribution in [3.8, 4) is 5.88 Å². The summed E-state index contributed by atoms with van der Waals surface area (Å²) in [4.78, 5) is 25.6. The molecule has 0 spiro atoms. The average Bonchev–Trinajstić information content (AvgIpc) is 3.74. The Morgan fingerprint density at radius 3 is 2.05 bits per heavy atom. The van der Waals surface area contributed by atoms with E-state index in [9.17, 15) is 0 Å². The average molecular weight is 558 g/mol. The Labute approximate surface area is 236 Å². The van der Waals surface area contributed by atoms with Gasteiger partial charge in [0.05, 0.1) is 17.6 Å². The van der Waals surface area contributed by atoms with Crippen molar-refractivity contribution in [3.05, 3.63) is 124 Å². The fraction of sp³-hybridized carbons (Fsp3) is 0.194. The second kappa shape index (κ2) is 12.3. The van der Waals surface area contributed by atoms with Gasteiger partial charge in [0.2, 0.25) is 5.88 Å². The first-order valence-electron chi connectivity index (χ1n) is 12.6. The Kier molecular flexibility index (Phi) is 8.38. The molecule has 6 nitrogen and oxygen atoms in total. The zero-order chi connectivity index (χ0) is 27.2. The first kappa shape index (κ1) is 26.6. The number of imidazole rings is 1. The maximum absolute atomic E-state index is 8.12. The van der Waals surface area contributed by atoms with E-state index in [0.29, 0.717) is 18.4 Å². The summed E-state index contributed by atoms with van der Waals surface area (Å²) in [5.41, 5.74) is 5.69. The van der Waals surface area contributed by atoms with Crippen molar-refractivity contribution < 1.29 is 14.3 Å². The van der Waals surface area contributed by atoms with Crippen molar-refractivity contribution in [2.75, 3.05) is 6.61 Å². The van der Waals surface area contributed by atoms with E-state index in [1.54, 1.807) is 6.20 Å². The lowest BCUT2D eigenvalue weighted by Crippen LogP contribution is -2.11. The van der Waals surface area contributed by atoms with Gasteiger partial charge in [-0.25, -0.2) is 9.97 Å². The molecule has 6 rings (SSSR count). The van der Waals surface area contributed by atoms with Gasteiger partial charge in [0.15, 0.2) is 0 Å². The minimum absolute atomic E-state index is 0.0430. The molecule has 0 unspecified atom stereocenters. The number of pyridine rings is 1. The van der Waals surface area contributed by atoms with Crippen LogP contribution in [0.1, 0.15) is 47.2 Å². The summed E-state index contributed by atoms with van der Waals surface area (Å²) in [6.07, 6.45) is 4.38. The standard InChI is InChI=1S/C30H25Cl2N3O.CO2/c31-24-11-6-20(7-12-24)29(21-8-13-25(32)14-9-21)23-10-15-26-27(19-23)35(30(34-26)22-4-5-22)17-18-36-28-3-1-2-16-33-28;2-1-3/h1-3,6-16,19,22,29H,4-5,17-18H2;. The maximum Gasteiger partial charge on any atom is 0.373 e. The fourth-order valence-corrected chi connectivity index (χ4v) is 5.04. The molecule has 0 atom stereocenters. The molecule has 0 bridgehead atoms. The number of carbonyl (C=O) groups excluding carboxylic acids is 2. The summed E-state index contributed by atoms with van der Waals surface area (Å²) in [5, 5.41) is 1.45. The number of hydrogen-bond acceptors (Lipinski definition) is 5. The Balaban J connectivity index is 0.000000983. The van der Waals surface area contributed by atoms with E-state index < -0.39 is 0 Å². The molecule has 39 heavy (non-hydrogen) atoms. The molecule has 0 radical (unpaired) electrons. The largest absolute Gasteiger partial charge is 0.476 e. The summed E-state index contributed by atoms with van der Waals surface area (Å²) in [5.74, 6) is 2.36. The number of benzene rings is 3. The van der Waals surface area contributed by atoms with Crippen molar-refractivity contribution in [2.24, 2.45) is 0 Å². The number of fused-ring (bicyclic) bond motifs is 1. The van der Waals surface area contributed by atoms with E-state index in [0.717, 1.165) is 33.4 Å². The molecule has 1 saturated carbocycles.